The molecule has 0 saturated carbocycles. The molecular formula is C51H69N9O7S3. The molecule has 2 aromatic carbocycles. The summed E-state index contributed by atoms with van der Waals surface area (Å²) < 4.78 is 12.2. The van der Waals surface area contributed by atoms with Crippen LogP contribution in [0.25, 0.3) is 0 Å². The molecule has 0 aliphatic rings. The van der Waals surface area contributed by atoms with Crippen LogP contribution in [0.5, 0.6) is 0 Å². The van der Waals surface area contributed by atoms with Crippen molar-refractivity contribution in [2.24, 2.45) is 11.8 Å². The van der Waals surface area contributed by atoms with E-state index in [2.05, 4.69) is 63.9 Å². The molecule has 0 spiro atoms. The third kappa shape index (κ3) is 17.2. The van der Waals surface area contributed by atoms with E-state index < -0.39 is 66.2 Å². The highest BCUT2D eigenvalue weighted by Crippen LogP contribution is 2.23. The maximum Gasteiger partial charge on any atom is 0.407 e. The molecule has 378 valence electrons. The summed E-state index contributed by atoms with van der Waals surface area (Å²) in [6.45, 7) is 16.0. The first-order valence-electron chi connectivity index (χ1n) is 23.7. The fraction of sp³-hybridized carbons (Fsp3) is 0.490. The Morgan fingerprint density at radius 3 is 1.63 bits per heavy atom. The van der Waals surface area contributed by atoms with Gasteiger partial charge in [0.25, 0.3) is 0 Å². The van der Waals surface area contributed by atoms with Gasteiger partial charge in [0.15, 0.2) is 0 Å². The first-order valence-corrected chi connectivity index (χ1v) is 26.3. The molecule has 16 nitrogen and oxygen atoms in total. The van der Waals surface area contributed by atoms with Gasteiger partial charge in [0.1, 0.15) is 24.8 Å². The largest absolute Gasteiger partial charge is 0.459 e. The Morgan fingerprint density at radius 1 is 0.643 bits per heavy atom. The number of esters is 1. The van der Waals surface area contributed by atoms with Crippen LogP contribution in [-0.2, 0) is 51.6 Å². The zero-order valence-electron chi connectivity index (χ0n) is 41.8. The normalized spacial score (nSPS) is 13.6. The lowest BCUT2D eigenvalue weighted by atomic mass is 9.92. The fourth-order valence-electron chi connectivity index (χ4n) is 7.44. The highest BCUT2D eigenvalue weighted by atomic mass is 32.1. The quantitative estimate of drug-likeness (QED) is 0.0433. The number of nitrogens with one attached hydrogen (secondary N) is 4. The number of amides is 6. The zero-order chi connectivity index (χ0) is 50.9. The number of alkyl carbamates (subject to hydrolysis) is 1. The lowest BCUT2D eigenvalue weighted by molar-refractivity contribution is -0.155. The van der Waals surface area contributed by atoms with E-state index in [-0.39, 0.29) is 50.3 Å². The van der Waals surface area contributed by atoms with Crippen LogP contribution < -0.4 is 21.3 Å². The average molecular weight is 1020 g/mol. The van der Waals surface area contributed by atoms with Gasteiger partial charge < -0.3 is 40.5 Å². The molecule has 0 fully saturated rings. The Labute approximate surface area is 424 Å². The van der Waals surface area contributed by atoms with Gasteiger partial charge in [0, 0.05) is 55.4 Å². The summed E-state index contributed by atoms with van der Waals surface area (Å²) in [5.41, 5.74) is 4.86. The molecule has 0 radical (unpaired) electrons. The minimum Gasteiger partial charge on any atom is -0.459 e. The second kappa shape index (κ2) is 26.9. The lowest BCUT2D eigenvalue weighted by Gasteiger charge is -2.34. The Kier molecular flexibility index (Phi) is 21.1. The summed E-state index contributed by atoms with van der Waals surface area (Å²) in [5.74, 6) is -1.40. The van der Waals surface area contributed by atoms with Crippen LogP contribution in [0.4, 0.5) is 14.4 Å². The molecular weight excluding hydrogens is 947 g/mol. The van der Waals surface area contributed by atoms with Crippen LogP contribution in [0, 0.1) is 11.8 Å². The van der Waals surface area contributed by atoms with Gasteiger partial charge in [-0.2, -0.15) is 0 Å². The lowest BCUT2D eigenvalue weighted by Crippen LogP contribution is -2.57. The number of hydrogen-bond acceptors (Lipinski definition) is 13. The summed E-state index contributed by atoms with van der Waals surface area (Å²) in [6.07, 6.45) is 0.307. The van der Waals surface area contributed by atoms with E-state index in [0.717, 1.165) is 37.4 Å². The number of carbonyl (C=O) groups excluding carboxylic acids is 5. The summed E-state index contributed by atoms with van der Waals surface area (Å²) in [7, 11) is 3.30. The molecule has 19 heteroatoms. The van der Waals surface area contributed by atoms with Crippen molar-refractivity contribution in [1.82, 2.24) is 46.0 Å². The molecule has 3 aromatic heterocycles. The van der Waals surface area contributed by atoms with Crippen molar-refractivity contribution in [2.75, 3.05) is 14.1 Å². The van der Waals surface area contributed by atoms with Crippen molar-refractivity contribution < 1.29 is 33.4 Å². The van der Waals surface area contributed by atoms with E-state index in [0.29, 0.717) is 6.42 Å². The first kappa shape index (κ1) is 55.0. The molecule has 5 atom stereocenters. The molecule has 4 N–H and O–H groups in total. The van der Waals surface area contributed by atoms with Gasteiger partial charge in [-0.1, -0.05) is 116 Å². The number of hydrogen-bond donors (Lipinski definition) is 4. The van der Waals surface area contributed by atoms with Gasteiger partial charge >= 0.3 is 24.1 Å². The maximum atomic E-state index is 14.7. The molecule has 5 rings (SSSR count). The number of benzene rings is 2. The maximum absolute atomic E-state index is 14.7. The van der Waals surface area contributed by atoms with Crippen molar-refractivity contribution in [3.05, 3.63) is 121 Å². The Bertz CT molecular complexity index is 2410. The summed E-state index contributed by atoms with van der Waals surface area (Å²) >= 11 is 4.42. The van der Waals surface area contributed by atoms with Gasteiger partial charge in [0.05, 0.1) is 50.9 Å². The number of urea groups is 2. The Hall–Kier alpha value is -5.92. The molecule has 0 aliphatic carbocycles. The van der Waals surface area contributed by atoms with Gasteiger partial charge in [-0.05, 0) is 35.8 Å². The van der Waals surface area contributed by atoms with E-state index in [1.807, 2.05) is 99.1 Å². The number of aromatic nitrogens is 3. The highest BCUT2D eigenvalue weighted by Gasteiger charge is 2.36. The average Bonchev–Trinajstić information content (AvgIpc) is 4.13. The molecule has 0 aliphatic heterocycles. The van der Waals surface area contributed by atoms with Crippen LogP contribution in [0.1, 0.15) is 111 Å². The molecule has 5 aromatic rings. The Morgan fingerprint density at radius 2 is 1.16 bits per heavy atom. The van der Waals surface area contributed by atoms with Crippen molar-refractivity contribution in [2.45, 2.75) is 136 Å². The SMILES string of the molecule is CC(C)c1nc(CN(C)C(=O)NC(C(=O)O[C@@H](C[C@H](Cc2ccccc2)NC(=O)[C@@H](NC(=O)N(C)Cc2csc(C(C)C)n2)C(C)C)[C@H](Cc2ccccc2)NC(=O)OCc2cncs2)C(C)C)cs1. The first-order chi connectivity index (χ1) is 33.4. The van der Waals surface area contributed by atoms with Crippen molar-refractivity contribution in [3.63, 3.8) is 0 Å². The van der Waals surface area contributed by atoms with E-state index in [1.165, 1.54) is 32.5 Å². The van der Waals surface area contributed by atoms with Crippen molar-refractivity contribution >= 4 is 64.0 Å². The molecule has 6 amide bonds. The predicted molar refractivity (Wildman–Crippen MR) is 276 cm³/mol. The second-order valence-corrected chi connectivity index (χ2v) is 21.6. The highest BCUT2D eigenvalue weighted by molar-refractivity contribution is 7.10. The third-order valence-corrected chi connectivity index (χ3v) is 14.5. The molecule has 0 saturated heterocycles. The predicted octanol–water partition coefficient (Wildman–Crippen LogP) is 8.90. The zero-order valence-corrected chi connectivity index (χ0v) is 44.3. The van der Waals surface area contributed by atoms with Gasteiger partial charge in [0.2, 0.25) is 5.91 Å². The second-order valence-electron chi connectivity index (χ2n) is 18.8. The molecule has 0 bridgehead atoms. The minimum atomic E-state index is -1.10. The number of nitrogens with zero attached hydrogens (tertiary/aromatic N) is 5. The van der Waals surface area contributed by atoms with Crippen LogP contribution >= 0.6 is 34.0 Å². The van der Waals surface area contributed by atoms with Crippen LogP contribution in [0.2, 0.25) is 0 Å². The molecule has 1 unspecified atom stereocenters. The van der Waals surface area contributed by atoms with E-state index >= 15 is 0 Å². The summed E-state index contributed by atoms with van der Waals surface area (Å²) in [4.78, 5) is 87.5. The van der Waals surface area contributed by atoms with Gasteiger partial charge in [-0.15, -0.1) is 34.0 Å². The third-order valence-electron chi connectivity index (χ3n) is 11.4. The number of ether oxygens (including phenoxy) is 2. The van der Waals surface area contributed by atoms with Crippen LogP contribution in [0.15, 0.2) is 83.1 Å². The van der Waals surface area contributed by atoms with Crippen LogP contribution in [0.3, 0.4) is 0 Å². The van der Waals surface area contributed by atoms with E-state index in [9.17, 15) is 24.0 Å². The van der Waals surface area contributed by atoms with Crippen molar-refractivity contribution in [1.29, 1.82) is 0 Å². The van der Waals surface area contributed by atoms with E-state index in [4.69, 9.17) is 9.47 Å². The standard InChI is InChI=1S/C51H69N9O7S3/c1-31(2)43(57-49(63)59(9)25-38-28-68-46(54-38)33(5)6)45(61)53-37(21-35-17-13-11-14-18-35)23-42(41(22-36-19-15-12-16-20-36)56-51(65)66-27-40-24-52-30-70-40)67-48(62)44(32(3)4)58-50(64)60(10)26-39-29-69-47(55-39)34(7)8/h11-20,24,28-34,37,41-44H,21-23,25-27H2,1-10H3,(H,53,61)(H,56,65)(H,57,63)(H,58,64)/t37-,41-,42-,43-,44?/m0/s1. The minimum absolute atomic E-state index is 0.0142. The number of thiazole rings is 3. The topological polar surface area (TPSA) is 197 Å². The summed E-state index contributed by atoms with van der Waals surface area (Å²) in [5, 5.41) is 17.8. The monoisotopic (exact) mass is 1020 g/mol. The molecule has 3 heterocycles. The van der Waals surface area contributed by atoms with E-state index in [1.54, 1.807) is 37.1 Å². The number of rotatable bonds is 24. The van der Waals surface area contributed by atoms with Gasteiger partial charge in [-0.3, -0.25) is 9.78 Å². The number of carbonyl (C=O) groups is 5. The molecule has 70 heavy (non-hydrogen) atoms. The van der Waals surface area contributed by atoms with Crippen LogP contribution in [-0.4, -0.2) is 99.2 Å². The fourth-order valence-corrected chi connectivity index (χ4v) is 9.59. The van der Waals surface area contributed by atoms with Gasteiger partial charge in [-0.25, -0.2) is 29.1 Å². The smallest absolute Gasteiger partial charge is 0.407 e. The van der Waals surface area contributed by atoms with Crippen molar-refractivity contribution in [3.8, 4) is 0 Å². The summed E-state index contributed by atoms with van der Waals surface area (Å²) in [6, 6.07) is 14.4. The Balaban J connectivity index is 1.45.